The van der Waals surface area contributed by atoms with Crippen molar-refractivity contribution in [3.8, 4) is 0 Å². The van der Waals surface area contributed by atoms with Crippen LogP contribution in [0.25, 0.3) is 5.76 Å². The summed E-state index contributed by atoms with van der Waals surface area (Å²) in [4.78, 5) is 15.8. The highest BCUT2D eigenvalue weighted by molar-refractivity contribution is 6.15. The number of aliphatic hydroxyl groups excluding tert-OH is 1. The second-order valence-electron chi connectivity index (χ2n) is 4.34. The van der Waals surface area contributed by atoms with E-state index in [1.165, 1.54) is 12.1 Å². The molecule has 4 nitrogen and oxygen atoms in total. The van der Waals surface area contributed by atoms with Gasteiger partial charge < -0.3 is 9.84 Å². The molecule has 0 amide bonds. The van der Waals surface area contributed by atoms with Gasteiger partial charge in [-0.15, -0.1) is 6.58 Å². The van der Waals surface area contributed by atoms with Gasteiger partial charge in [-0.05, 0) is 26.0 Å². The molecule has 1 aromatic carbocycles. The fraction of sp³-hybridized carbons (Fsp3) is 0.250. The molecule has 1 N–H and O–H groups in total. The quantitative estimate of drug-likeness (QED) is 0.288. The third-order valence-electron chi connectivity index (χ3n) is 2.74. The molecule has 118 valence electrons. The summed E-state index contributed by atoms with van der Waals surface area (Å²) >= 11 is 0. The van der Waals surface area contributed by atoms with Crippen molar-refractivity contribution in [1.82, 2.24) is 0 Å². The van der Waals surface area contributed by atoms with Gasteiger partial charge >= 0.3 is 5.97 Å². The molecular weight excluding hydrogens is 292 g/mol. The molecule has 0 bridgehead atoms. The molecule has 0 aromatic heterocycles. The van der Waals surface area contributed by atoms with Gasteiger partial charge in [-0.3, -0.25) is 4.99 Å². The maximum absolute atomic E-state index is 13.7. The van der Waals surface area contributed by atoms with E-state index in [-0.39, 0.29) is 18.2 Å². The molecule has 0 saturated heterocycles. The molecule has 1 atom stereocenters. The van der Waals surface area contributed by atoms with Crippen molar-refractivity contribution in [2.24, 2.45) is 4.99 Å². The van der Waals surface area contributed by atoms with Crippen LogP contribution in [0.1, 0.15) is 19.4 Å². The van der Waals surface area contributed by atoms with Crippen LogP contribution in [0.5, 0.6) is 0 Å². The number of carbonyl (C=O) groups excluding carboxylic acids is 1. The van der Waals surface area contributed by atoms with Gasteiger partial charge in [0.1, 0.15) is 11.3 Å². The lowest BCUT2D eigenvalue weighted by molar-refractivity contribution is -0.137. The smallest absolute Gasteiger partial charge is 0.343 e. The molecule has 0 aliphatic carbocycles. The van der Waals surface area contributed by atoms with E-state index in [1.54, 1.807) is 13.8 Å². The summed E-state index contributed by atoms with van der Waals surface area (Å²) in [5.74, 6) is -4.02. The van der Waals surface area contributed by atoms with Crippen molar-refractivity contribution in [2.75, 3.05) is 6.61 Å². The fourth-order valence-electron chi connectivity index (χ4n) is 1.50. The average molecular weight is 309 g/mol. The predicted octanol–water partition coefficient (Wildman–Crippen LogP) is 3.44. The Bertz CT molecular complexity index is 624. The Balaban J connectivity index is 3.38. The van der Waals surface area contributed by atoms with Crippen molar-refractivity contribution in [2.45, 2.75) is 19.9 Å². The minimum absolute atomic E-state index is 0.0616. The first-order chi connectivity index (χ1) is 10.4. The molecule has 0 aliphatic rings. The van der Waals surface area contributed by atoms with E-state index in [4.69, 9.17) is 4.74 Å². The van der Waals surface area contributed by atoms with Gasteiger partial charge in [-0.25, -0.2) is 13.6 Å². The highest BCUT2D eigenvalue weighted by Gasteiger charge is 2.20. The highest BCUT2D eigenvalue weighted by Crippen LogP contribution is 2.21. The van der Waals surface area contributed by atoms with Crippen molar-refractivity contribution in [3.63, 3.8) is 0 Å². The zero-order valence-corrected chi connectivity index (χ0v) is 12.3. The third-order valence-corrected chi connectivity index (χ3v) is 2.74. The molecule has 0 radical (unpaired) electrons. The molecule has 0 saturated carbocycles. The first-order valence-electron chi connectivity index (χ1n) is 6.62. The lowest BCUT2D eigenvalue weighted by atomic mass is 10.1. The second-order valence-corrected chi connectivity index (χ2v) is 4.34. The monoisotopic (exact) mass is 309 g/mol. The molecule has 22 heavy (non-hydrogen) atoms. The van der Waals surface area contributed by atoms with Crippen LogP contribution in [-0.2, 0) is 9.53 Å². The van der Waals surface area contributed by atoms with Crippen LogP contribution in [0.15, 0.2) is 41.4 Å². The number of aliphatic imine (C=N–C) groups is 1. The van der Waals surface area contributed by atoms with Gasteiger partial charge in [-0.1, -0.05) is 12.1 Å². The number of aliphatic hydroxyl groups is 1. The number of nitrogens with zero attached hydrogens (tertiary/aromatic N) is 1. The molecule has 6 heteroatoms. The van der Waals surface area contributed by atoms with Crippen LogP contribution in [0.2, 0.25) is 0 Å². The lowest BCUT2D eigenvalue weighted by Gasteiger charge is -2.08. The summed E-state index contributed by atoms with van der Waals surface area (Å²) in [6.45, 7) is 6.87. The van der Waals surface area contributed by atoms with Crippen molar-refractivity contribution in [3.05, 3.63) is 53.6 Å². The van der Waals surface area contributed by atoms with Gasteiger partial charge in [0.05, 0.1) is 18.2 Å². The summed E-state index contributed by atoms with van der Waals surface area (Å²) in [6, 6.07) is 2.95. The Morgan fingerprint density at radius 3 is 2.77 bits per heavy atom. The molecule has 0 heterocycles. The maximum atomic E-state index is 13.7. The van der Waals surface area contributed by atoms with Crippen LogP contribution in [0, 0.1) is 11.6 Å². The SMILES string of the molecule is C=CC(C)N=CC(C(=O)OCC)=C(O)c1cccc(F)c1F. The van der Waals surface area contributed by atoms with E-state index in [0.717, 1.165) is 18.3 Å². The Morgan fingerprint density at radius 2 is 2.18 bits per heavy atom. The Morgan fingerprint density at radius 1 is 1.50 bits per heavy atom. The first kappa shape index (κ1) is 17.6. The molecule has 0 aliphatic heterocycles. The normalized spacial score (nSPS) is 13.6. The molecule has 1 rings (SSSR count). The number of benzene rings is 1. The number of halogens is 2. The minimum atomic E-state index is -1.26. The number of ether oxygens (including phenoxy) is 1. The van der Waals surface area contributed by atoms with Crippen LogP contribution in [0.3, 0.4) is 0 Å². The zero-order valence-electron chi connectivity index (χ0n) is 12.3. The van der Waals surface area contributed by atoms with E-state index in [1.807, 2.05) is 0 Å². The van der Waals surface area contributed by atoms with Crippen molar-refractivity contribution >= 4 is 17.9 Å². The minimum Gasteiger partial charge on any atom is -0.506 e. The number of esters is 1. The number of hydrogen-bond donors (Lipinski definition) is 1. The molecular formula is C16H17F2NO3. The predicted molar refractivity (Wildman–Crippen MR) is 80.7 cm³/mol. The van der Waals surface area contributed by atoms with Crippen molar-refractivity contribution in [1.29, 1.82) is 0 Å². The standard InChI is InChI=1S/C16H17F2NO3/c1-4-10(3)19-9-12(16(21)22-5-2)15(20)11-7-6-8-13(17)14(11)18/h4,6-10,20H,1,5H2,2-3H3. The number of carbonyl (C=O) groups is 1. The third kappa shape index (κ3) is 4.25. The number of hydrogen-bond acceptors (Lipinski definition) is 4. The lowest BCUT2D eigenvalue weighted by Crippen LogP contribution is -2.13. The zero-order chi connectivity index (χ0) is 16.7. The van der Waals surface area contributed by atoms with E-state index in [0.29, 0.717) is 0 Å². The Labute approximate surface area is 127 Å². The second kappa shape index (κ2) is 8.07. The molecule has 0 fully saturated rings. The summed E-state index contributed by atoms with van der Waals surface area (Å²) in [5, 5.41) is 10.1. The molecule has 1 unspecified atom stereocenters. The van der Waals surface area contributed by atoms with E-state index in [9.17, 15) is 18.7 Å². The van der Waals surface area contributed by atoms with Crippen LogP contribution < -0.4 is 0 Å². The summed E-state index contributed by atoms with van der Waals surface area (Å²) < 4.78 is 31.8. The summed E-state index contributed by atoms with van der Waals surface area (Å²) in [5.41, 5.74) is -0.805. The van der Waals surface area contributed by atoms with Crippen LogP contribution in [0.4, 0.5) is 8.78 Å². The van der Waals surface area contributed by atoms with Gasteiger partial charge in [0.2, 0.25) is 0 Å². The van der Waals surface area contributed by atoms with E-state index >= 15 is 0 Å². The first-order valence-corrected chi connectivity index (χ1v) is 6.62. The van der Waals surface area contributed by atoms with Crippen LogP contribution in [-0.4, -0.2) is 29.9 Å². The van der Waals surface area contributed by atoms with Crippen molar-refractivity contribution < 1.29 is 23.4 Å². The Kier molecular flexibility index (Phi) is 6.44. The molecule has 1 aromatic rings. The summed E-state index contributed by atoms with van der Waals surface area (Å²) in [6.07, 6.45) is 2.57. The Hall–Kier alpha value is -2.50. The van der Waals surface area contributed by atoms with E-state index < -0.39 is 28.9 Å². The topological polar surface area (TPSA) is 58.9 Å². The average Bonchev–Trinajstić information content (AvgIpc) is 2.50. The molecule has 0 spiro atoms. The van der Waals surface area contributed by atoms with Gasteiger partial charge in [-0.2, -0.15) is 0 Å². The fourth-order valence-corrected chi connectivity index (χ4v) is 1.50. The highest BCUT2D eigenvalue weighted by atomic mass is 19.2. The number of rotatable bonds is 6. The van der Waals surface area contributed by atoms with Gasteiger partial charge in [0, 0.05) is 6.21 Å². The van der Waals surface area contributed by atoms with Crippen LogP contribution >= 0.6 is 0 Å². The largest absolute Gasteiger partial charge is 0.506 e. The summed E-state index contributed by atoms with van der Waals surface area (Å²) in [7, 11) is 0. The van der Waals surface area contributed by atoms with E-state index in [2.05, 4.69) is 11.6 Å². The maximum Gasteiger partial charge on any atom is 0.343 e. The van der Waals surface area contributed by atoms with Gasteiger partial charge in [0.15, 0.2) is 11.6 Å². The van der Waals surface area contributed by atoms with Gasteiger partial charge in [0.25, 0.3) is 0 Å².